The maximum atomic E-state index is 11.4. The van der Waals surface area contributed by atoms with Crippen LogP contribution in [0.2, 0.25) is 0 Å². The van der Waals surface area contributed by atoms with Gasteiger partial charge in [-0.2, -0.15) is 0 Å². The number of rotatable bonds is 5. The normalized spacial score (nSPS) is 20.4. The minimum Gasteiger partial charge on any atom is -0.368 e. The first kappa shape index (κ1) is 16.4. The second-order valence-electron chi connectivity index (χ2n) is 6.39. The molecule has 126 valence electrons. The minimum absolute atomic E-state index is 0.215. The number of carbonyl (C=O) groups excluding carboxylic acids is 1. The molecule has 5 heteroatoms. The molecular weight excluding hydrogens is 300 g/mol. The van der Waals surface area contributed by atoms with Gasteiger partial charge in [-0.1, -0.05) is 30.3 Å². The van der Waals surface area contributed by atoms with Gasteiger partial charge in [-0.3, -0.25) is 4.79 Å². The number of nitrogens with one attached hydrogen (secondary N) is 2. The van der Waals surface area contributed by atoms with Crippen molar-refractivity contribution in [3.63, 3.8) is 0 Å². The van der Waals surface area contributed by atoms with Crippen LogP contribution in [0.25, 0.3) is 0 Å². The summed E-state index contributed by atoms with van der Waals surface area (Å²) in [4.78, 5) is 11.4. The van der Waals surface area contributed by atoms with Crippen LogP contribution in [0, 0.1) is 5.92 Å². The second-order valence-corrected chi connectivity index (χ2v) is 6.39. The van der Waals surface area contributed by atoms with E-state index < -0.39 is 0 Å². The van der Waals surface area contributed by atoms with Gasteiger partial charge in [0.2, 0.25) is 0 Å². The molecule has 1 fully saturated rings. The van der Waals surface area contributed by atoms with Crippen molar-refractivity contribution in [3.05, 3.63) is 53.7 Å². The summed E-state index contributed by atoms with van der Waals surface area (Å²) in [5.74, 6) is 1.89. The molecule has 0 unspecified atom stereocenters. The molecule has 1 aromatic carbocycles. The average molecular weight is 324 g/mol. The Morgan fingerprint density at radius 1 is 1.04 bits per heavy atom. The first-order chi connectivity index (χ1) is 11.8. The van der Waals surface area contributed by atoms with E-state index >= 15 is 0 Å². The third kappa shape index (κ3) is 4.10. The molecule has 3 rings (SSSR count). The molecule has 2 aromatic rings. The second kappa shape index (κ2) is 7.90. The van der Waals surface area contributed by atoms with Gasteiger partial charge < -0.3 is 10.6 Å². The molecule has 0 radical (unpaired) electrons. The van der Waals surface area contributed by atoms with E-state index in [0.717, 1.165) is 12.4 Å². The van der Waals surface area contributed by atoms with E-state index in [1.807, 2.05) is 6.07 Å². The molecular formula is C19H24N4O. The topological polar surface area (TPSA) is 66.9 Å². The number of anilines is 1. The standard InChI is InChI=1S/C19H24N4O/c1-20-19(24)17-11-12-18(23-22-17)21-13-14-7-9-16(10-8-14)15-5-3-2-4-6-15/h2-6,11-12,14,16H,7-10,13H2,1H3,(H,20,24)(H,21,23). The zero-order chi connectivity index (χ0) is 16.8. The predicted molar refractivity (Wildman–Crippen MR) is 95.1 cm³/mol. The maximum absolute atomic E-state index is 11.4. The van der Waals surface area contributed by atoms with Crippen molar-refractivity contribution in [2.75, 3.05) is 18.9 Å². The van der Waals surface area contributed by atoms with E-state index in [-0.39, 0.29) is 5.91 Å². The van der Waals surface area contributed by atoms with Crippen molar-refractivity contribution in [2.45, 2.75) is 31.6 Å². The molecule has 1 aliphatic carbocycles. The lowest BCUT2D eigenvalue weighted by atomic mass is 9.79. The molecule has 2 N–H and O–H groups in total. The highest BCUT2D eigenvalue weighted by atomic mass is 16.1. The zero-order valence-corrected chi connectivity index (χ0v) is 14.0. The quantitative estimate of drug-likeness (QED) is 0.886. The van der Waals surface area contributed by atoms with E-state index in [2.05, 4.69) is 51.2 Å². The molecule has 0 spiro atoms. The number of nitrogens with zero attached hydrogens (tertiary/aromatic N) is 2. The van der Waals surface area contributed by atoms with Crippen LogP contribution in [0.5, 0.6) is 0 Å². The van der Waals surface area contributed by atoms with Crippen molar-refractivity contribution in [2.24, 2.45) is 5.92 Å². The fraction of sp³-hybridized carbons (Fsp3) is 0.421. The first-order valence-electron chi connectivity index (χ1n) is 8.61. The largest absolute Gasteiger partial charge is 0.368 e. The molecule has 0 aliphatic heterocycles. The Morgan fingerprint density at radius 3 is 2.42 bits per heavy atom. The van der Waals surface area contributed by atoms with Gasteiger partial charge in [0.25, 0.3) is 5.91 Å². The maximum Gasteiger partial charge on any atom is 0.271 e. The van der Waals surface area contributed by atoms with Crippen LogP contribution in [-0.2, 0) is 0 Å². The van der Waals surface area contributed by atoms with Gasteiger partial charge in [0.05, 0.1) is 0 Å². The fourth-order valence-electron chi connectivity index (χ4n) is 3.35. The van der Waals surface area contributed by atoms with E-state index in [0.29, 0.717) is 17.5 Å². The number of aromatic nitrogens is 2. The predicted octanol–water partition coefficient (Wildman–Crippen LogP) is 3.22. The number of amides is 1. The van der Waals surface area contributed by atoms with Crippen LogP contribution in [0.15, 0.2) is 42.5 Å². The van der Waals surface area contributed by atoms with Crippen LogP contribution in [0.4, 0.5) is 5.82 Å². The highest BCUT2D eigenvalue weighted by Gasteiger charge is 2.22. The summed E-state index contributed by atoms with van der Waals surface area (Å²) in [6.45, 7) is 0.912. The number of hydrogen-bond acceptors (Lipinski definition) is 4. The van der Waals surface area contributed by atoms with E-state index in [1.165, 1.54) is 31.2 Å². The molecule has 0 atom stereocenters. The van der Waals surface area contributed by atoms with Crippen molar-refractivity contribution >= 4 is 11.7 Å². The number of benzene rings is 1. The molecule has 1 amide bonds. The van der Waals surface area contributed by atoms with E-state index in [9.17, 15) is 4.79 Å². The van der Waals surface area contributed by atoms with Gasteiger partial charge in [-0.05, 0) is 55.2 Å². The minimum atomic E-state index is -0.215. The molecule has 1 aliphatic rings. The van der Waals surface area contributed by atoms with E-state index in [4.69, 9.17) is 0 Å². The van der Waals surface area contributed by atoms with Gasteiger partial charge >= 0.3 is 0 Å². The molecule has 24 heavy (non-hydrogen) atoms. The van der Waals surface area contributed by atoms with Gasteiger partial charge in [0.1, 0.15) is 5.82 Å². The smallest absolute Gasteiger partial charge is 0.271 e. The monoisotopic (exact) mass is 324 g/mol. The lowest BCUT2D eigenvalue weighted by Crippen LogP contribution is -2.22. The average Bonchev–Trinajstić information content (AvgIpc) is 2.67. The molecule has 0 saturated heterocycles. The lowest BCUT2D eigenvalue weighted by Gasteiger charge is -2.29. The zero-order valence-electron chi connectivity index (χ0n) is 14.0. The Labute approximate surface area is 142 Å². The summed E-state index contributed by atoms with van der Waals surface area (Å²) in [6.07, 6.45) is 4.96. The summed E-state index contributed by atoms with van der Waals surface area (Å²) in [7, 11) is 1.59. The van der Waals surface area contributed by atoms with E-state index in [1.54, 1.807) is 13.1 Å². The fourth-order valence-corrected chi connectivity index (χ4v) is 3.35. The Morgan fingerprint density at radius 2 is 1.79 bits per heavy atom. The summed E-state index contributed by atoms with van der Waals surface area (Å²) >= 11 is 0. The van der Waals surface area contributed by atoms with Crippen LogP contribution >= 0.6 is 0 Å². The van der Waals surface area contributed by atoms with Crippen molar-refractivity contribution < 1.29 is 4.79 Å². The van der Waals surface area contributed by atoms with Crippen molar-refractivity contribution in [1.29, 1.82) is 0 Å². The highest BCUT2D eigenvalue weighted by Crippen LogP contribution is 2.35. The van der Waals surface area contributed by atoms with Gasteiger partial charge in [-0.15, -0.1) is 10.2 Å². The Kier molecular flexibility index (Phi) is 5.41. The van der Waals surface area contributed by atoms with Gasteiger partial charge in [-0.25, -0.2) is 0 Å². The summed E-state index contributed by atoms with van der Waals surface area (Å²) < 4.78 is 0. The third-order valence-electron chi connectivity index (χ3n) is 4.81. The molecule has 1 heterocycles. The highest BCUT2D eigenvalue weighted by molar-refractivity contribution is 5.91. The Balaban J connectivity index is 1.46. The molecule has 1 aromatic heterocycles. The van der Waals surface area contributed by atoms with Crippen molar-refractivity contribution in [3.8, 4) is 0 Å². The van der Waals surface area contributed by atoms with Crippen LogP contribution in [0.1, 0.15) is 47.7 Å². The summed E-state index contributed by atoms with van der Waals surface area (Å²) in [5, 5.41) is 13.9. The third-order valence-corrected chi connectivity index (χ3v) is 4.81. The molecule has 5 nitrogen and oxygen atoms in total. The summed E-state index contributed by atoms with van der Waals surface area (Å²) in [5.41, 5.74) is 1.81. The van der Waals surface area contributed by atoms with Gasteiger partial charge in [0, 0.05) is 13.6 Å². The van der Waals surface area contributed by atoms with Gasteiger partial charge in [0.15, 0.2) is 5.69 Å². The lowest BCUT2D eigenvalue weighted by molar-refractivity contribution is 0.0957. The van der Waals surface area contributed by atoms with Crippen LogP contribution in [-0.4, -0.2) is 29.7 Å². The Hall–Kier alpha value is -2.43. The number of hydrogen-bond donors (Lipinski definition) is 2. The van der Waals surface area contributed by atoms with Crippen LogP contribution < -0.4 is 10.6 Å². The van der Waals surface area contributed by atoms with Crippen LogP contribution in [0.3, 0.4) is 0 Å². The molecule has 1 saturated carbocycles. The number of carbonyl (C=O) groups is 1. The van der Waals surface area contributed by atoms with Crippen molar-refractivity contribution in [1.82, 2.24) is 15.5 Å². The Bertz CT molecular complexity index is 649. The SMILES string of the molecule is CNC(=O)c1ccc(NCC2CCC(c3ccccc3)CC2)nn1. The first-order valence-corrected chi connectivity index (χ1v) is 8.61. The molecule has 0 bridgehead atoms. The summed E-state index contributed by atoms with van der Waals surface area (Å²) in [6, 6.07) is 14.3.